The number of aliphatic carboxylic acids is 1. The summed E-state index contributed by atoms with van der Waals surface area (Å²) in [5.41, 5.74) is 0. The lowest BCUT2D eigenvalue weighted by atomic mass is 10.0. The molecule has 0 radical (unpaired) electrons. The van der Waals surface area contributed by atoms with Crippen LogP contribution in [0.15, 0.2) is 12.2 Å². The molecule has 0 rings (SSSR count). The molecule has 0 aliphatic carbocycles. The molecule has 0 aromatic rings. The molecule has 1 unspecified atom stereocenters. The maximum atomic E-state index is 12.5. The van der Waals surface area contributed by atoms with Crippen LogP contribution >= 0.6 is 0 Å². The third-order valence-electron chi connectivity index (χ3n) is 8.49. The average Bonchev–Trinajstić information content (AvgIpc) is 2.97. The largest absolute Gasteiger partial charge is 0.481 e. The van der Waals surface area contributed by atoms with E-state index in [0.29, 0.717) is 12.8 Å². The summed E-state index contributed by atoms with van der Waals surface area (Å²) >= 11 is 0. The fourth-order valence-corrected chi connectivity index (χ4v) is 5.69. The van der Waals surface area contributed by atoms with E-state index in [9.17, 15) is 9.59 Å². The molecule has 1 atom stereocenters. The number of allylic oxidation sites excluding steroid dienone is 2. The van der Waals surface area contributed by atoms with Gasteiger partial charge in [0.25, 0.3) is 0 Å². The van der Waals surface area contributed by atoms with Crippen molar-refractivity contribution in [3.05, 3.63) is 12.2 Å². The van der Waals surface area contributed by atoms with E-state index in [4.69, 9.17) is 9.84 Å². The van der Waals surface area contributed by atoms with E-state index >= 15 is 0 Å². The van der Waals surface area contributed by atoms with Gasteiger partial charge in [-0.05, 0) is 57.8 Å². The molecule has 1 N–H and O–H groups in total. The van der Waals surface area contributed by atoms with Crippen LogP contribution in [0.2, 0.25) is 0 Å². The Hall–Kier alpha value is -1.32. The first-order chi connectivity index (χ1) is 20.6. The Morgan fingerprint density at radius 1 is 0.500 bits per heavy atom. The molecule has 0 spiro atoms. The minimum atomic E-state index is -0.665. The molecular weight excluding hydrogens is 520 g/mol. The average molecular weight is 593 g/mol. The first kappa shape index (κ1) is 40.7. The minimum Gasteiger partial charge on any atom is -0.481 e. The molecule has 0 aromatic heterocycles. The van der Waals surface area contributed by atoms with Gasteiger partial charge in [0.15, 0.2) is 0 Å². The van der Waals surface area contributed by atoms with Gasteiger partial charge < -0.3 is 9.84 Å². The maximum Gasteiger partial charge on any atom is 0.306 e. The summed E-state index contributed by atoms with van der Waals surface area (Å²) in [6, 6.07) is 0. The van der Waals surface area contributed by atoms with Crippen molar-refractivity contribution in [3.8, 4) is 0 Å². The fourth-order valence-electron chi connectivity index (χ4n) is 5.69. The van der Waals surface area contributed by atoms with Crippen molar-refractivity contribution in [3.63, 3.8) is 0 Å². The van der Waals surface area contributed by atoms with Crippen LogP contribution in [0.5, 0.6) is 0 Å². The van der Waals surface area contributed by atoms with Crippen LogP contribution in [0.4, 0.5) is 0 Å². The molecule has 4 heteroatoms. The van der Waals surface area contributed by atoms with Crippen LogP contribution in [0, 0.1) is 0 Å². The highest BCUT2D eigenvalue weighted by atomic mass is 16.5. The van der Waals surface area contributed by atoms with Crippen molar-refractivity contribution in [1.29, 1.82) is 0 Å². The summed E-state index contributed by atoms with van der Waals surface area (Å²) in [6.07, 6.45) is 41.1. The van der Waals surface area contributed by atoms with Crippen molar-refractivity contribution in [1.82, 2.24) is 0 Å². The van der Waals surface area contributed by atoms with Crippen molar-refractivity contribution in [2.24, 2.45) is 0 Å². The van der Waals surface area contributed by atoms with Gasteiger partial charge in [0.2, 0.25) is 0 Å². The van der Waals surface area contributed by atoms with E-state index in [1.807, 2.05) is 0 Å². The van der Waals surface area contributed by atoms with Gasteiger partial charge in [0.1, 0.15) is 6.10 Å². The van der Waals surface area contributed by atoms with Crippen LogP contribution < -0.4 is 0 Å². The standard InChI is InChI=1S/C38H72O4/c1-3-5-7-9-10-11-16-21-24-27-31-35-38(41)42-36(32-28-8-6-4-2)33-29-25-22-19-17-14-12-13-15-18-20-23-26-30-34-37(39)40/h9-10,36H,3-8,11-35H2,1-2H3,(H,39,40)/b10-9-. The second kappa shape index (κ2) is 34.2. The van der Waals surface area contributed by atoms with Crippen LogP contribution in [0.3, 0.4) is 0 Å². The Morgan fingerprint density at radius 2 is 0.881 bits per heavy atom. The van der Waals surface area contributed by atoms with Gasteiger partial charge in [-0.3, -0.25) is 9.59 Å². The summed E-state index contributed by atoms with van der Waals surface area (Å²) < 4.78 is 5.98. The van der Waals surface area contributed by atoms with Gasteiger partial charge in [-0.15, -0.1) is 0 Å². The number of hydrogen-bond donors (Lipinski definition) is 1. The van der Waals surface area contributed by atoms with E-state index in [2.05, 4.69) is 26.0 Å². The van der Waals surface area contributed by atoms with Gasteiger partial charge in [0, 0.05) is 12.8 Å². The number of unbranched alkanes of at least 4 members (excludes halogenated alkanes) is 23. The zero-order valence-corrected chi connectivity index (χ0v) is 28.3. The zero-order chi connectivity index (χ0) is 30.8. The van der Waals surface area contributed by atoms with E-state index in [1.165, 1.54) is 148 Å². The first-order valence-corrected chi connectivity index (χ1v) is 18.7. The minimum absolute atomic E-state index is 0.0348. The SMILES string of the molecule is CCCC/C=C\CCCCCCCC(=O)OC(CCCCCC)CCCCCCCCCCCCCCCCC(=O)O. The Kier molecular flexibility index (Phi) is 33.1. The molecule has 0 aliphatic heterocycles. The van der Waals surface area contributed by atoms with Gasteiger partial charge in [-0.2, -0.15) is 0 Å². The molecule has 0 bridgehead atoms. The Labute approximate surface area is 262 Å². The fraction of sp³-hybridized carbons (Fsp3) is 0.895. The molecule has 4 nitrogen and oxygen atoms in total. The number of rotatable bonds is 34. The van der Waals surface area contributed by atoms with Crippen LogP contribution in [0.1, 0.15) is 213 Å². The highest BCUT2D eigenvalue weighted by Gasteiger charge is 2.14. The Balaban J connectivity index is 3.79. The lowest BCUT2D eigenvalue weighted by Gasteiger charge is -2.18. The summed E-state index contributed by atoms with van der Waals surface area (Å²) in [4.78, 5) is 23.1. The number of hydrogen-bond acceptors (Lipinski definition) is 3. The number of carboxylic acids is 1. The summed E-state index contributed by atoms with van der Waals surface area (Å²) in [5.74, 6) is -0.631. The third kappa shape index (κ3) is 33.2. The van der Waals surface area contributed by atoms with E-state index in [-0.39, 0.29) is 12.1 Å². The van der Waals surface area contributed by atoms with Crippen molar-refractivity contribution >= 4 is 11.9 Å². The molecule has 0 saturated carbocycles. The highest BCUT2D eigenvalue weighted by molar-refractivity contribution is 5.69. The van der Waals surface area contributed by atoms with Gasteiger partial charge in [0.05, 0.1) is 0 Å². The number of esters is 1. The normalized spacial score (nSPS) is 12.2. The van der Waals surface area contributed by atoms with Gasteiger partial charge in [-0.25, -0.2) is 0 Å². The van der Waals surface area contributed by atoms with Crippen molar-refractivity contribution < 1.29 is 19.4 Å². The molecule has 0 aromatic carbocycles. The van der Waals surface area contributed by atoms with Crippen molar-refractivity contribution in [2.45, 2.75) is 219 Å². The first-order valence-electron chi connectivity index (χ1n) is 18.7. The summed E-state index contributed by atoms with van der Waals surface area (Å²) in [7, 11) is 0. The molecule has 0 amide bonds. The second-order valence-corrected chi connectivity index (χ2v) is 12.8. The Bertz CT molecular complexity index is 600. The molecule has 0 fully saturated rings. The third-order valence-corrected chi connectivity index (χ3v) is 8.49. The number of carbonyl (C=O) groups excluding carboxylic acids is 1. The van der Waals surface area contributed by atoms with Gasteiger partial charge >= 0.3 is 11.9 Å². The lowest BCUT2D eigenvalue weighted by molar-refractivity contribution is -0.150. The molecule has 0 heterocycles. The van der Waals surface area contributed by atoms with E-state index in [0.717, 1.165) is 38.5 Å². The van der Waals surface area contributed by atoms with E-state index in [1.54, 1.807) is 0 Å². The zero-order valence-electron chi connectivity index (χ0n) is 28.3. The van der Waals surface area contributed by atoms with Crippen LogP contribution in [-0.2, 0) is 14.3 Å². The number of ether oxygens (including phenoxy) is 1. The van der Waals surface area contributed by atoms with Gasteiger partial charge in [-0.1, -0.05) is 154 Å². The molecule has 0 aliphatic rings. The quantitative estimate of drug-likeness (QED) is 0.0458. The van der Waals surface area contributed by atoms with Crippen LogP contribution in [-0.4, -0.2) is 23.1 Å². The maximum absolute atomic E-state index is 12.5. The lowest BCUT2D eigenvalue weighted by Crippen LogP contribution is -2.18. The molecule has 42 heavy (non-hydrogen) atoms. The topological polar surface area (TPSA) is 63.6 Å². The van der Waals surface area contributed by atoms with E-state index < -0.39 is 5.97 Å². The predicted octanol–water partition coefficient (Wildman–Crippen LogP) is 12.7. The number of carboxylic acid groups (broad SMARTS) is 1. The van der Waals surface area contributed by atoms with Crippen molar-refractivity contribution in [2.75, 3.05) is 0 Å². The number of carbonyl (C=O) groups is 2. The van der Waals surface area contributed by atoms with Crippen LogP contribution in [0.25, 0.3) is 0 Å². The summed E-state index contributed by atoms with van der Waals surface area (Å²) in [6.45, 7) is 4.49. The molecule has 0 saturated heterocycles. The summed E-state index contributed by atoms with van der Waals surface area (Å²) in [5, 5.41) is 8.66. The monoisotopic (exact) mass is 593 g/mol. The Morgan fingerprint density at radius 3 is 1.36 bits per heavy atom. The smallest absolute Gasteiger partial charge is 0.306 e. The molecule has 248 valence electrons. The predicted molar refractivity (Wildman–Crippen MR) is 181 cm³/mol. The molecular formula is C38H72O4. The second-order valence-electron chi connectivity index (χ2n) is 12.8. The highest BCUT2D eigenvalue weighted by Crippen LogP contribution is 2.19.